The van der Waals surface area contributed by atoms with Crippen molar-refractivity contribution in [3.05, 3.63) is 60.2 Å². The highest BCUT2D eigenvalue weighted by Gasteiger charge is 2.25. The zero-order chi connectivity index (χ0) is 18.2. The highest BCUT2D eigenvalue weighted by atomic mass is 16.5. The van der Waals surface area contributed by atoms with Gasteiger partial charge in [0, 0.05) is 19.5 Å². The number of ether oxygens (including phenoxy) is 2. The minimum Gasteiger partial charge on any atom is -0.497 e. The van der Waals surface area contributed by atoms with E-state index in [1.165, 1.54) is 5.56 Å². The lowest BCUT2D eigenvalue weighted by molar-refractivity contribution is -0.130. The smallest absolute Gasteiger partial charge is 0.222 e. The van der Waals surface area contributed by atoms with Crippen LogP contribution < -0.4 is 9.47 Å². The van der Waals surface area contributed by atoms with Crippen LogP contribution in [-0.4, -0.2) is 37.6 Å². The summed E-state index contributed by atoms with van der Waals surface area (Å²) in [6.07, 6.45) is 3.42. The van der Waals surface area contributed by atoms with Crippen molar-refractivity contribution in [2.75, 3.05) is 26.8 Å². The Morgan fingerprint density at radius 1 is 1.08 bits per heavy atom. The lowest BCUT2D eigenvalue weighted by Gasteiger charge is -2.17. The first-order valence-corrected chi connectivity index (χ1v) is 9.33. The molecule has 0 radical (unpaired) electrons. The number of carbonyl (C=O) groups is 1. The molecule has 4 nitrogen and oxygen atoms in total. The molecule has 1 atom stereocenters. The van der Waals surface area contributed by atoms with Gasteiger partial charge in [-0.05, 0) is 55.0 Å². The molecule has 1 amide bonds. The van der Waals surface area contributed by atoms with E-state index in [1.54, 1.807) is 7.11 Å². The first kappa shape index (κ1) is 18.3. The normalized spacial score (nSPS) is 16.5. The van der Waals surface area contributed by atoms with Gasteiger partial charge in [-0.15, -0.1) is 0 Å². The molecule has 4 heteroatoms. The van der Waals surface area contributed by atoms with Crippen molar-refractivity contribution >= 4 is 5.91 Å². The summed E-state index contributed by atoms with van der Waals surface area (Å²) in [5.41, 5.74) is 1.17. The molecule has 3 rings (SSSR count). The van der Waals surface area contributed by atoms with E-state index in [1.807, 2.05) is 59.5 Å². The largest absolute Gasteiger partial charge is 0.497 e. The third kappa shape index (κ3) is 5.25. The molecule has 0 aliphatic carbocycles. The first-order valence-electron chi connectivity index (χ1n) is 9.33. The number of likely N-dealkylation sites (tertiary alicyclic amines) is 1. The van der Waals surface area contributed by atoms with Crippen molar-refractivity contribution in [1.29, 1.82) is 0 Å². The van der Waals surface area contributed by atoms with Gasteiger partial charge in [-0.25, -0.2) is 0 Å². The summed E-state index contributed by atoms with van der Waals surface area (Å²) in [6, 6.07) is 17.8. The number of para-hydroxylation sites is 1. The van der Waals surface area contributed by atoms with Crippen molar-refractivity contribution in [2.24, 2.45) is 5.92 Å². The van der Waals surface area contributed by atoms with Crippen molar-refractivity contribution in [2.45, 2.75) is 25.7 Å². The number of carbonyl (C=O) groups excluding carboxylic acids is 1. The summed E-state index contributed by atoms with van der Waals surface area (Å²) in [4.78, 5) is 14.5. The summed E-state index contributed by atoms with van der Waals surface area (Å²) in [6.45, 7) is 2.44. The maximum Gasteiger partial charge on any atom is 0.222 e. The van der Waals surface area contributed by atoms with E-state index in [-0.39, 0.29) is 5.91 Å². The van der Waals surface area contributed by atoms with Crippen LogP contribution in [0.15, 0.2) is 54.6 Å². The Morgan fingerprint density at radius 2 is 1.85 bits per heavy atom. The fraction of sp³-hybridized carbons (Fsp3) is 0.409. The lowest BCUT2D eigenvalue weighted by atomic mass is 10.1. The van der Waals surface area contributed by atoms with E-state index in [0.717, 1.165) is 43.9 Å². The molecule has 1 saturated heterocycles. The van der Waals surface area contributed by atoms with Gasteiger partial charge in [0.25, 0.3) is 0 Å². The molecule has 138 valence electrons. The summed E-state index contributed by atoms with van der Waals surface area (Å²) in [7, 11) is 1.66. The van der Waals surface area contributed by atoms with E-state index in [0.29, 0.717) is 18.9 Å². The van der Waals surface area contributed by atoms with E-state index in [4.69, 9.17) is 9.47 Å². The average molecular weight is 353 g/mol. The summed E-state index contributed by atoms with van der Waals surface area (Å²) < 4.78 is 10.9. The van der Waals surface area contributed by atoms with Gasteiger partial charge >= 0.3 is 0 Å². The highest BCUT2D eigenvalue weighted by Crippen LogP contribution is 2.21. The molecule has 1 heterocycles. The molecule has 26 heavy (non-hydrogen) atoms. The van der Waals surface area contributed by atoms with Crippen LogP contribution in [0.5, 0.6) is 11.5 Å². The Morgan fingerprint density at radius 3 is 2.58 bits per heavy atom. The van der Waals surface area contributed by atoms with E-state index >= 15 is 0 Å². The Kier molecular flexibility index (Phi) is 6.53. The number of benzene rings is 2. The number of aryl methyl sites for hydroxylation is 1. The molecule has 1 aliphatic heterocycles. The van der Waals surface area contributed by atoms with Crippen molar-refractivity contribution in [3.8, 4) is 11.5 Å². The van der Waals surface area contributed by atoms with Gasteiger partial charge in [-0.3, -0.25) is 4.79 Å². The van der Waals surface area contributed by atoms with E-state index in [2.05, 4.69) is 0 Å². The minimum absolute atomic E-state index is 0.257. The molecule has 0 spiro atoms. The number of methoxy groups -OCH3 is 1. The monoisotopic (exact) mass is 353 g/mol. The molecule has 2 aromatic carbocycles. The molecule has 1 unspecified atom stereocenters. The van der Waals surface area contributed by atoms with Crippen molar-refractivity contribution in [3.63, 3.8) is 0 Å². The zero-order valence-corrected chi connectivity index (χ0v) is 15.4. The van der Waals surface area contributed by atoms with E-state index < -0.39 is 0 Å². The zero-order valence-electron chi connectivity index (χ0n) is 15.4. The van der Waals surface area contributed by atoms with Gasteiger partial charge in [-0.2, -0.15) is 0 Å². The first-order chi connectivity index (χ1) is 12.7. The van der Waals surface area contributed by atoms with Gasteiger partial charge in [-0.1, -0.05) is 30.3 Å². The molecule has 0 saturated carbocycles. The predicted molar refractivity (Wildman–Crippen MR) is 103 cm³/mol. The molecule has 0 aromatic heterocycles. The van der Waals surface area contributed by atoms with Gasteiger partial charge in [0.2, 0.25) is 5.91 Å². The fourth-order valence-corrected chi connectivity index (χ4v) is 3.36. The van der Waals surface area contributed by atoms with E-state index in [9.17, 15) is 4.79 Å². The molecule has 2 aromatic rings. The van der Waals surface area contributed by atoms with Crippen LogP contribution in [0.3, 0.4) is 0 Å². The number of hydrogen-bond acceptors (Lipinski definition) is 3. The van der Waals surface area contributed by atoms with Crippen molar-refractivity contribution < 1.29 is 14.3 Å². The molecule has 1 fully saturated rings. The third-order valence-electron chi connectivity index (χ3n) is 4.96. The maximum absolute atomic E-state index is 12.5. The SMILES string of the molecule is COc1ccc(CCC(=O)N2CCC(CCOc3ccccc3)C2)cc1. The predicted octanol–water partition coefficient (Wildman–Crippen LogP) is 3.95. The van der Waals surface area contributed by atoms with Crippen LogP contribution in [0.4, 0.5) is 0 Å². The van der Waals surface area contributed by atoms with Gasteiger partial charge in [0.05, 0.1) is 13.7 Å². The molecule has 0 N–H and O–H groups in total. The average Bonchev–Trinajstić information content (AvgIpc) is 3.16. The number of hydrogen-bond donors (Lipinski definition) is 0. The van der Waals surface area contributed by atoms with Crippen LogP contribution in [0.25, 0.3) is 0 Å². The van der Waals surface area contributed by atoms with Gasteiger partial charge < -0.3 is 14.4 Å². The van der Waals surface area contributed by atoms with Crippen LogP contribution in [0.1, 0.15) is 24.8 Å². The quantitative estimate of drug-likeness (QED) is 0.721. The lowest BCUT2D eigenvalue weighted by Crippen LogP contribution is -2.29. The number of amides is 1. The molecular weight excluding hydrogens is 326 g/mol. The van der Waals surface area contributed by atoms with Crippen molar-refractivity contribution in [1.82, 2.24) is 4.90 Å². The maximum atomic E-state index is 12.5. The third-order valence-corrected chi connectivity index (χ3v) is 4.96. The number of nitrogens with zero attached hydrogens (tertiary/aromatic N) is 1. The summed E-state index contributed by atoms with van der Waals surface area (Å²) >= 11 is 0. The summed E-state index contributed by atoms with van der Waals surface area (Å²) in [5, 5.41) is 0. The Balaban J connectivity index is 1.36. The van der Waals surface area contributed by atoms with Crippen LogP contribution in [-0.2, 0) is 11.2 Å². The van der Waals surface area contributed by atoms with Crippen LogP contribution >= 0.6 is 0 Å². The second-order valence-corrected chi connectivity index (χ2v) is 6.79. The standard InChI is InChI=1S/C22H27NO3/c1-25-20-10-7-18(8-11-20)9-12-22(24)23-15-13-19(17-23)14-16-26-21-5-3-2-4-6-21/h2-8,10-11,19H,9,12-17H2,1H3. The highest BCUT2D eigenvalue weighted by molar-refractivity contribution is 5.76. The fourth-order valence-electron chi connectivity index (χ4n) is 3.36. The second-order valence-electron chi connectivity index (χ2n) is 6.79. The Hall–Kier alpha value is -2.49. The van der Waals surface area contributed by atoms with Gasteiger partial charge in [0.1, 0.15) is 11.5 Å². The summed E-state index contributed by atoms with van der Waals surface area (Å²) in [5.74, 6) is 2.56. The topological polar surface area (TPSA) is 38.8 Å². The molecule has 1 aliphatic rings. The Labute approximate surface area is 155 Å². The molecule has 0 bridgehead atoms. The number of rotatable bonds is 8. The second kappa shape index (κ2) is 9.27. The Bertz CT molecular complexity index is 684. The van der Waals surface area contributed by atoms with Crippen LogP contribution in [0, 0.1) is 5.92 Å². The van der Waals surface area contributed by atoms with Crippen LogP contribution in [0.2, 0.25) is 0 Å². The minimum atomic E-state index is 0.257. The van der Waals surface area contributed by atoms with Gasteiger partial charge in [0.15, 0.2) is 0 Å². The molecular formula is C22H27NO3.